The summed E-state index contributed by atoms with van der Waals surface area (Å²) in [6, 6.07) is 14.5. The van der Waals surface area contributed by atoms with E-state index in [1.807, 2.05) is 49.9 Å². The number of hydrogen-bond acceptors (Lipinski definition) is 6. The molecule has 1 aliphatic heterocycles. The zero-order valence-electron chi connectivity index (χ0n) is 20.7. The predicted octanol–water partition coefficient (Wildman–Crippen LogP) is 3.93. The summed E-state index contributed by atoms with van der Waals surface area (Å²) < 4.78 is 11.8. The molecule has 1 aliphatic rings. The average Bonchev–Trinajstić information content (AvgIpc) is 3.53. The molecule has 2 aromatic carbocycles. The predicted molar refractivity (Wildman–Crippen MR) is 134 cm³/mol. The van der Waals surface area contributed by atoms with E-state index in [0.717, 1.165) is 37.1 Å². The molecule has 0 spiro atoms. The minimum absolute atomic E-state index is 0.150. The fourth-order valence-electron chi connectivity index (χ4n) is 4.03. The van der Waals surface area contributed by atoms with Gasteiger partial charge in [-0.1, -0.05) is 12.1 Å². The molecule has 0 radical (unpaired) electrons. The third kappa shape index (κ3) is 6.10. The number of amides is 2. The van der Waals surface area contributed by atoms with Crippen molar-refractivity contribution in [3.05, 3.63) is 71.1 Å². The number of nitrogens with zero attached hydrogens (tertiary/aromatic N) is 2. The van der Waals surface area contributed by atoms with E-state index in [-0.39, 0.29) is 19.0 Å². The summed E-state index contributed by atoms with van der Waals surface area (Å²) in [6.45, 7) is 7.41. The lowest BCUT2D eigenvalue weighted by molar-refractivity contribution is -0.135. The van der Waals surface area contributed by atoms with Crippen LogP contribution in [0, 0.1) is 6.92 Å². The Balaban J connectivity index is 0.00000115. The van der Waals surface area contributed by atoms with Crippen molar-refractivity contribution in [2.24, 2.45) is 5.73 Å². The van der Waals surface area contributed by atoms with Gasteiger partial charge in [-0.25, -0.2) is 4.98 Å². The van der Waals surface area contributed by atoms with E-state index in [1.165, 1.54) is 0 Å². The molecule has 0 bridgehead atoms. The molecule has 9 nitrogen and oxygen atoms in total. The van der Waals surface area contributed by atoms with Crippen molar-refractivity contribution in [1.82, 2.24) is 9.88 Å². The minimum Gasteiger partial charge on any atom is -0.487 e. The highest BCUT2D eigenvalue weighted by Crippen LogP contribution is 2.30. The zero-order valence-corrected chi connectivity index (χ0v) is 20.7. The molecule has 1 saturated heterocycles. The largest absolute Gasteiger partial charge is 0.487 e. The number of aryl methyl sites for hydroxylation is 1. The number of likely N-dealkylation sites (tertiary alicyclic amines) is 1. The Morgan fingerprint density at radius 2 is 1.81 bits per heavy atom. The SMILES string of the molecule is Cc1oc(-c2ccc(C(N)=O)cc2)nc1COc1cccc(C(C)(C)C(=O)N2CCCC2)c1.O=CO. The lowest BCUT2D eigenvalue weighted by atomic mass is 9.83. The first-order valence-electron chi connectivity index (χ1n) is 11.6. The molecule has 4 rings (SSSR count). The van der Waals surface area contributed by atoms with Gasteiger partial charge in [-0.3, -0.25) is 14.4 Å². The Morgan fingerprint density at radius 1 is 1.17 bits per heavy atom. The fourth-order valence-corrected chi connectivity index (χ4v) is 4.03. The minimum atomic E-state index is -0.627. The molecule has 9 heteroatoms. The van der Waals surface area contributed by atoms with E-state index in [0.29, 0.717) is 28.7 Å². The number of ether oxygens (including phenoxy) is 1. The Kier molecular flexibility index (Phi) is 8.47. The lowest BCUT2D eigenvalue weighted by Crippen LogP contribution is -2.41. The van der Waals surface area contributed by atoms with Crippen LogP contribution in [0.25, 0.3) is 11.5 Å². The van der Waals surface area contributed by atoms with Crippen molar-refractivity contribution in [2.45, 2.75) is 45.6 Å². The number of oxazole rings is 1. The first-order valence-corrected chi connectivity index (χ1v) is 11.6. The van der Waals surface area contributed by atoms with Gasteiger partial charge >= 0.3 is 0 Å². The third-order valence-electron chi connectivity index (χ3n) is 6.17. The molecule has 0 aliphatic carbocycles. The first-order chi connectivity index (χ1) is 17.2. The molecule has 2 heterocycles. The molecule has 0 unspecified atom stereocenters. The van der Waals surface area contributed by atoms with Crippen molar-refractivity contribution >= 4 is 18.3 Å². The van der Waals surface area contributed by atoms with Gasteiger partial charge < -0.3 is 24.9 Å². The number of carbonyl (C=O) groups excluding carboxylic acids is 2. The molecule has 2 amide bonds. The van der Waals surface area contributed by atoms with Crippen LogP contribution in [-0.4, -0.2) is 46.4 Å². The van der Waals surface area contributed by atoms with Crippen LogP contribution in [0.2, 0.25) is 0 Å². The number of carboxylic acid groups (broad SMARTS) is 1. The lowest BCUT2D eigenvalue weighted by Gasteiger charge is -2.29. The van der Waals surface area contributed by atoms with Gasteiger partial charge in [-0.15, -0.1) is 0 Å². The Morgan fingerprint density at radius 3 is 2.42 bits per heavy atom. The fraction of sp³-hybridized carbons (Fsp3) is 0.333. The monoisotopic (exact) mass is 493 g/mol. The Bertz CT molecular complexity index is 1210. The highest BCUT2D eigenvalue weighted by atomic mass is 16.5. The first kappa shape index (κ1) is 26.5. The number of hydrogen-bond donors (Lipinski definition) is 2. The summed E-state index contributed by atoms with van der Waals surface area (Å²) in [4.78, 5) is 39.2. The summed E-state index contributed by atoms with van der Waals surface area (Å²) in [5.74, 6) is 1.45. The summed E-state index contributed by atoms with van der Waals surface area (Å²) in [5.41, 5.74) is 7.45. The smallest absolute Gasteiger partial charge is 0.290 e. The molecule has 36 heavy (non-hydrogen) atoms. The second kappa shape index (κ2) is 11.5. The van der Waals surface area contributed by atoms with Crippen LogP contribution in [-0.2, 0) is 21.6 Å². The van der Waals surface area contributed by atoms with Gasteiger partial charge in [0, 0.05) is 24.2 Å². The van der Waals surface area contributed by atoms with Gasteiger partial charge in [0.1, 0.15) is 23.8 Å². The molecule has 190 valence electrons. The molecule has 3 N–H and O–H groups in total. The molecule has 0 saturated carbocycles. The van der Waals surface area contributed by atoms with Crippen LogP contribution in [0.4, 0.5) is 0 Å². The van der Waals surface area contributed by atoms with Gasteiger partial charge in [-0.05, 0) is 75.6 Å². The number of benzene rings is 2. The number of carbonyl (C=O) groups is 3. The second-order valence-corrected chi connectivity index (χ2v) is 9.01. The second-order valence-electron chi connectivity index (χ2n) is 9.01. The van der Waals surface area contributed by atoms with Gasteiger partial charge in [0.25, 0.3) is 6.47 Å². The molecule has 3 aromatic rings. The number of primary amides is 1. The van der Waals surface area contributed by atoms with E-state index in [1.54, 1.807) is 24.3 Å². The van der Waals surface area contributed by atoms with Crippen LogP contribution < -0.4 is 10.5 Å². The van der Waals surface area contributed by atoms with Crippen LogP contribution in [0.3, 0.4) is 0 Å². The Hall–Kier alpha value is -4.14. The molecular formula is C27H31N3O6. The third-order valence-corrected chi connectivity index (χ3v) is 6.17. The Labute approximate surface area is 209 Å². The van der Waals surface area contributed by atoms with Crippen molar-refractivity contribution in [2.75, 3.05) is 13.1 Å². The molecular weight excluding hydrogens is 462 g/mol. The maximum absolute atomic E-state index is 13.0. The highest BCUT2D eigenvalue weighted by molar-refractivity contribution is 5.93. The summed E-state index contributed by atoms with van der Waals surface area (Å²) in [6.07, 6.45) is 2.14. The van der Waals surface area contributed by atoms with Gasteiger partial charge in [0.15, 0.2) is 0 Å². The summed E-state index contributed by atoms with van der Waals surface area (Å²) in [7, 11) is 0. The van der Waals surface area contributed by atoms with E-state index in [9.17, 15) is 9.59 Å². The van der Waals surface area contributed by atoms with E-state index in [4.69, 9.17) is 24.8 Å². The van der Waals surface area contributed by atoms with Crippen LogP contribution in [0.5, 0.6) is 5.75 Å². The normalized spacial score (nSPS) is 13.0. The van der Waals surface area contributed by atoms with Crippen molar-refractivity contribution in [1.29, 1.82) is 0 Å². The quantitative estimate of drug-likeness (QED) is 0.476. The van der Waals surface area contributed by atoms with Crippen molar-refractivity contribution in [3.63, 3.8) is 0 Å². The average molecular weight is 494 g/mol. The molecule has 1 aromatic heterocycles. The maximum atomic E-state index is 13.0. The van der Waals surface area contributed by atoms with E-state index < -0.39 is 11.3 Å². The van der Waals surface area contributed by atoms with Crippen molar-refractivity contribution < 1.29 is 28.6 Å². The van der Waals surface area contributed by atoms with Crippen LogP contribution in [0.15, 0.2) is 52.9 Å². The zero-order chi connectivity index (χ0) is 26.3. The van der Waals surface area contributed by atoms with Gasteiger partial charge in [-0.2, -0.15) is 0 Å². The molecule has 0 atom stereocenters. The van der Waals surface area contributed by atoms with Crippen molar-refractivity contribution in [3.8, 4) is 17.2 Å². The van der Waals surface area contributed by atoms with Gasteiger partial charge in [0.2, 0.25) is 17.7 Å². The number of aromatic nitrogens is 1. The summed E-state index contributed by atoms with van der Waals surface area (Å²) in [5, 5.41) is 6.89. The van der Waals surface area contributed by atoms with Gasteiger partial charge in [0.05, 0.1) is 5.41 Å². The summed E-state index contributed by atoms with van der Waals surface area (Å²) >= 11 is 0. The van der Waals surface area contributed by atoms with E-state index in [2.05, 4.69) is 4.98 Å². The topological polar surface area (TPSA) is 136 Å². The maximum Gasteiger partial charge on any atom is 0.290 e. The van der Waals surface area contributed by atoms with Crippen LogP contribution in [0.1, 0.15) is 54.1 Å². The van der Waals surface area contributed by atoms with Crippen LogP contribution >= 0.6 is 0 Å². The molecule has 1 fully saturated rings. The highest BCUT2D eigenvalue weighted by Gasteiger charge is 2.35. The number of nitrogens with two attached hydrogens (primary N) is 1. The number of rotatable bonds is 7. The van der Waals surface area contributed by atoms with E-state index >= 15 is 0 Å². The standard InChI is InChI=1S/C26H29N3O4.CH2O2/c1-17-22(28-24(33-17)19-11-9-18(10-12-19)23(27)30)16-32-21-8-6-7-20(15-21)26(2,3)25(31)29-13-4-5-14-29;2-1-3/h6-12,15H,4-5,13-14,16H2,1-3H3,(H2,27,30);1H,(H,2,3).